The van der Waals surface area contributed by atoms with Crippen LogP contribution in [0, 0.1) is 40.4 Å². The van der Waals surface area contributed by atoms with Gasteiger partial charge in [0.15, 0.2) is 17.2 Å². The average Bonchev–Trinajstić information content (AvgIpc) is 3.39. The molecule has 3 saturated carbocycles. The number of Topliss-reactive ketones (excluding diaryl/α,β-unsaturated/α-hetero) is 1. The number of ketones is 2. The number of carbonyl (C=O) groups is 3. The van der Waals surface area contributed by atoms with E-state index >= 15 is 0 Å². The molecular weight excluding hydrogens is 388 g/mol. The fourth-order valence-corrected chi connectivity index (χ4v) is 8.43. The second kappa shape index (κ2) is 5.84. The van der Waals surface area contributed by atoms with Gasteiger partial charge in [0.1, 0.15) is 0 Å². The number of esters is 1. The molecule has 29 heavy (non-hydrogen) atoms. The number of fused-ring (bicyclic) bond motifs is 7. The Bertz CT molecular complexity index is 903. The van der Waals surface area contributed by atoms with Crippen LogP contribution in [0.1, 0.15) is 59.8 Å². The van der Waals surface area contributed by atoms with Gasteiger partial charge in [-0.15, -0.1) is 0 Å². The first-order valence-corrected chi connectivity index (χ1v) is 11.3. The van der Waals surface area contributed by atoms with Crippen molar-refractivity contribution in [3.63, 3.8) is 0 Å². The van der Waals surface area contributed by atoms with E-state index in [1.807, 2.05) is 6.08 Å². The van der Waals surface area contributed by atoms with Gasteiger partial charge in [0.25, 0.3) is 0 Å². The zero-order valence-corrected chi connectivity index (χ0v) is 18.3. The van der Waals surface area contributed by atoms with Gasteiger partial charge in [-0.2, -0.15) is 0 Å². The number of allylic oxidation sites excluding steroid dienone is 4. The summed E-state index contributed by atoms with van der Waals surface area (Å²) in [7, 11) is 0. The molecule has 0 saturated heterocycles. The van der Waals surface area contributed by atoms with Crippen LogP contribution in [-0.4, -0.2) is 23.1 Å². The van der Waals surface area contributed by atoms with E-state index < -0.39 is 5.60 Å². The molecule has 0 heterocycles. The van der Waals surface area contributed by atoms with Crippen molar-refractivity contribution in [2.45, 2.75) is 65.4 Å². The molecule has 5 aliphatic rings. The molecule has 0 N–H and O–H groups in total. The Kier molecular flexibility index (Phi) is 3.93. The molecule has 4 nitrogen and oxygen atoms in total. The highest BCUT2D eigenvalue weighted by atomic mass is 35.5. The minimum atomic E-state index is -1.03. The second-order valence-electron chi connectivity index (χ2n) is 10.5. The standard InChI is InChI=1S/C24H29ClO4/c1-12(26)24(29-13(2)27)8-6-16-14-10-20(25)19-11-21(28)15-9-18(15)23(19,4)17(14)5-7-22(16,24)3/h10-11,14-18H,5-9H2,1-4H3/t14-,15+,16-,17-,18-,22?,23?,24-/m0/s1. The summed E-state index contributed by atoms with van der Waals surface area (Å²) >= 11 is 6.79. The smallest absolute Gasteiger partial charge is 0.303 e. The van der Waals surface area contributed by atoms with Gasteiger partial charge < -0.3 is 4.74 Å². The monoisotopic (exact) mass is 416 g/mol. The number of hydrogen-bond donors (Lipinski definition) is 0. The van der Waals surface area contributed by atoms with E-state index in [9.17, 15) is 14.4 Å². The van der Waals surface area contributed by atoms with Crippen LogP contribution < -0.4 is 0 Å². The number of ether oxygens (including phenoxy) is 1. The van der Waals surface area contributed by atoms with Gasteiger partial charge in [0.05, 0.1) is 0 Å². The lowest BCUT2D eigenvalue weighted by atomic mass is 9.47. The maximum atomic E-state index is 12.8. The number of hydrogen-bond acceptors (Lipinski definition) is 4. The van der Waals surface area contributed by atoms with Crippen LogP contribution in [0.15, 0.2) is 22.8 Å². The lowest BCUT2D eigenvalue weighted by Gasteiger charge is -2.57. The van der Waals surface area contributed by atoms with Crippen molar-refractivity contribution in [3.8, 4) is 0 Å². The quantitative estimate of drug-likeness (QED) is 0.617. The van der Waals surface area contributed by atoms with Gasteiger partial charge in [-0.3, -0.25) is 14.4 Å². The fraction of sp³-hybridized carbons (Fsp3) is 0.708. The summed E-state index contributed by atoms with van der Waals surface area (Å²) in [6.45, 7) is 7.42. The Labute approximate surface area is 177 Å². The molecule has 156 valence electrons. The highest BCUT2D eigenvalue weighted by Crippen LogP contribution is 2.72. The van der Waals surface area contributed by atoms with Crippen LogP contribution in [-0.2, 0) is 19.1 Å². The molecule has 5 heteroatoms. The average molecular weight is 417 g/mol. The molecule has 0 aliphatic heterocycles. The number of halogens is 1. The Morgan fingerprint density at radius 1 is 1.10 bits per heavy atom. The Balaban J connectivity index is 1.60. The van der Waals surface area contributed by atoms with Crippen molar-refractivity contribution in [2.75, 3.05) is 0 Å². The van der Waals surface area contributed by atoms with Gasteiger partial charge in [0, 0.05) is 28.7 Å². The van der Waals surface area contributed by atoms with Crippen molar-refractivity contribution >= 4 is 29.1 Å². The molecule has 8 atom stereocenters. The summed E-state index contributed by atoms with van der Waals surface area (Å²) in [5, 5.41) is 0.713. The van der Waals surface area contributed by atoms with Crippen LogP contribution >= 0.6 is 11.6 Å². The molecule has 3 fully saturated rings. The summed E-state index contributed by atoms with van der Waals surface area (Å²) in [6.07, 6.45) is 8.18. The third kappa shape index (κ3) is 2.24. The van der Waals surface area contributed by atoms with Crippen LogP contribution in [0.5, 0.6) is 0 Å². The van der Waals surface area contributed by atoms with Crippen molar-refractivity contribution < 1.29 is 19.1 Å². The summed E-state index contributed by atoms with van der Waals surface area (Å²) in [4.78, 5) is 37.1. The fourth-order valence-electron chi connectivity index (χ4n) is 8.03. The molecule has 0 aromatic rings. The van der Waals surface area contributed by atoms with Gasteiger partial charge in [-0.05, 0) is 74.3 Å². The lowest BCUT2D eigenvalue weighted by Crippen LogP contribution is -2.58. The molecule has 0 amide bonds. The third-order valence-corrected chi connectivity index (χ3v) is 9.83. The molecule has 0 aromatic heterocycles. The number of carbonyl (C=O) groups excluding carboxylic acids is 3. The van der Waals surface area contributed by atoms with E-state index in [-0.39, 0.29) is 46.1 Å². The molecule has 5 aliphatic carbocycles. The molecular formula is C24H29ClO4. The number of rotatable bonds is 2. The van der Waals surface area contributed by atoms with E-state index in [0.717, 1.165) is 31.3 Å². The van der Waals surface area contributed by atoms with Crippen molar-refractivity contribution in [1.82, 2.24) is 0 Å². The van der Waals surface area contributed by atoms with E-state index in [0.29, 0.717) is 23.3 Å². The van der Waals surface area contributed by atoms with Crippen LogP contribution in [0.2, 0.25) is 0 Å². The summed E-state index contributed by atoms with van der Waals surface area (Å²) in [6, 6.07) is 0. The first-order valence-electron chi connectivity index (χ1n) is 10.9. The lowest BCUT2D eigenvalue weighted by molar-refractivity contribution is -0.185. The largest absolute Gasteiger partial charge is 0.451 e. The summed E-state index contributed by atoms with van der Waals surface area (Å²) < 4.78 is 5.82. The second-order valence-corrected chi connectivity index (χ2v) is 10.9. The molecule has 0 spiro atoms. The highest BCUT2D eigenvalue weighted by molar-refractivity contribution is 6.32. The summed E-state index contributed by atoms with van der Waals surface area (Å²) in [5.74, 6) is 1.27. The Hall–Kier alpha value is -1.42. The molecule has 5 rings (SSSR count). The first kappa shape index (κ1) is 19.5. The maximum absolute atomic E-state index is 12.8. The third-order valence-electron chi connectivity index (χ3n) is 9.50. The SMILES string of the molecule is CC(=O)O[C@]1(C(C)=O)CC[C@H]2[C@@H]3C=C(Cl)C4=CC(=O)[C@@H]5C[C@@H]5C4(C)[C@H]3CCC21C. The maximum Gasteiger partial charge on any atom is 0.303 e. The zero-order chi connectivity index (χ0) is 20.9. The van der Waals surface area contributed by atoms with E-state index in [4.69, 9.17) is 16.3 Å². The minimum Gasteiger partial charge on any atom is -0.451 e. The Morgan fingerprint density at radius 3 is 2.45 bits per heavy atom. The van der Waals surface area contributed by atoms with E-state index in [2.05, 4.69) is 19.9 Å². The molecule has 0 radical (unpaired) electrons. The van der Waals surface area contributed by atoms with Crippen LogP contribution in [0.4, 0.5) is 0 Å². The first-order chi connectivity index (χ1) is 13.6. The van der Waals surface area contributed by atoms with E-state index in [1.165, 1.54) is 6.92 Å². The minimum absolute atomic E-state index is 0.0423. The predicted molar refractivity (Wildman–Crippen MR) is 109 cm³/mol. The van der Waals surface area contributed by atoms with E-state index in [1.54, 1.807) is 6.92 Å². The van der Waals surface area contributed by atoms with Gasteiger partial charge in [-0.25, -0.2) is 0 Å². The van der Waals surface area contributed by atoms with Crippen LogP contribution in [0.3, 0.4) is 0 Å². The molecule has 2 unspecified atom stereocenters. The van der Waals surface area contributed by atoms with Crippen LogP contribution in [0.25, 0.3) is 0 Å². The molecule has 0 aromatic carbocycles. The van der Waals surface area contributed by atoms with Gasteiger partial charge in [0.2, 0.25) is 0 Å². The normalized spacial score (nSPS) is 49.7. The van der Waals surface area contributed by atoms with Crippen molar-refractivity contribution in [2.24, 2.45) is 40.4 Å². The molecule has 0 bridgehead atoms. The highest BCUT2D eigenvalue weighted by Gasteiger charge is 2.70. The van der Waals surface area contributed by atoms with Gasteiger partial charge in [-0.1, -0.05) is 31.5 Å². The topological polar surface area (TPSA) is 60.4 Å². The van der Waals surface area contributed by atoms with Gasteiger partial charge >= 0.3 is 5.97 Å². The van der Waals surface area contributed by atoms with Crippen molar-refractivity contribution in [1.29, 1.82) is 0 Å². The zero-order valence-electron chi connectivity index (χ0n) is 17.6. The predicted octanol–water partition coefficient (Wildman–Crippen LogP) is 4.61. The summed E-state index contributed by atoms with van der Waals surface area (Å²) in [5.41, 5.74) is -0.455. The Morgan fingerprint density at radius 2 is 1.79 bits per heavy atom. The van der Waals surface area contributed by atoms with Crippen molar-refractivity contribution in [3.05, 3.63) is 22.8 Å².